The van der Waals surface area contributed by atoms with Gasteiger partial charge in [0.25, 0.3) is 0 Å². The molecule has 1 saturated heterocycles. The predicted molar refractivity (Wildman–Crippen MR) is 84.4 cm³/mol. The number of hydrogen-bond donors (Lipinski definition) is 1. The van der Waals surface area contributed by atoms with Gasteiger partial charge in [0.05, 0.1) is 0 Å². The van der Waals surface area contributed by atoms with Gasteiger partial charge in [-0.25, -0.2) is 4.79 Å². The summed E-state index contributed by atoms with van der Waals surface area (Å²) in [4.78, 5) is 15.6. The lowest BCUT2D eigenvalue weighted by atomic mass is 9.96. The Labute approximate surface area is 127 Å². The molecule has 1 aliphatic rings. The quantitative estimate of drug-likeness (QED) is 0.927. The summed E-state index contributed by atoms with van der Waals surface area (Å²) in [7, 11) is 0. The zero-order chi connectivity index (χ0) is 15.5. The summed E-state index contributed by atoms with van der Waals surface area (Å²) in [5, 5.41) is 9.47. The molecule has 0 radical (unpaired) electrons. The second-order valence-electron chi connectivity index (χ2n) is 6.82. The Balaban J connectivity index is 1.92. The first-order valence-electron chi connectivity index (χ1n) is 7.66. The van der Waals surface area contributed by atoms with E-state index in [1.54, 1.807) is 4.90 Å². The minimum Gasteiger partial charge on any atom is -0.465 e. The number of piperidine rings is 1. The molecule has 2 rings (SSSR count). The summed E-state index contributed by atoms with van der Waals surface area (Å²) in [6.07, 6.45) is 1.02. The molecule has 1 amide bonds. The highest BCUT2D eigenvalue weighted by atomic mass is 16.4. The molecule has 1 N–H and O–H groups in total. The van der Waals surface area contributed by atoms with Crippen LogP contribution >= 0.6 is 0 Å². The third-order valence-corrected chi connectivity index (χ3v) is 4.10. The van der Waals surface area contributed by atoms with Crippen LogP contribution in [0.4, 0.5) is 4.79 Å². The van der Waals surface area contributed by atoms with E-state index < -0.39 is 6.09 Å². The molecule has 1 aromatic rings. The highest BCUT2D eigenvalue weighted by molar-refractivity contribution is 5.66. The molecule has 4 heteroatoms. The standard InChI is InChI=1S/C17H26N2O2/c1-17(2,3)19(16(20)21)15-9-11-18(12-10-15)13-14-7-5-4-6-8-14/h4-8,15H,9-13H2,1-3H3,(H,20,21). The van der Waals surface area contributed by atoms with E-state index >= 15 is 0 Å². The first-order chi connectivity index (χ1) is 9.88. The monoisotopic (exact) mass is 290 g/mol. The number of hydrogen-bond acceptors (Lipinski definition) is 2. The van der Waals surface area contributed by atoms with Gasteiger partial charge >= 0.3 is 6.09 Å². The molecule has 0 aromatic heterocycles. The molecule has 21 heavy (non-hydrogen) atoms. The fraction of sp³-hybridized carbons (Fsp3) is 0.588. The lowest BCUT2D eigenvalue weighted by Crippen LogP contribution is -2.54. The highest BCUT2D eigenvalue weighted by Gasteiger charge is 2.34. The van der Waals surface area contributed by atoms with Crippen LogP contribution in [0.1, 0.15) is 39.2 Å². The number of likely N-dealkylation sites (tertiary alicyclic amines) is 1. The SMILES string of the molecule is CC(C)(C)N(C(=O)O)C1CCN(Cc2ccccc2)CC1. The molecule has 1 fully saturated rings. The maximum Gasteiger partial charge on any atom is 0.407 e. The Morgan fingerprint density at radius 3 is 2.29 bits per heavy atom. The Kier molecular flexibility index (Phi) is 4.88. The minimum absolute atomic E-state index is 0.134. The van der Waals surface area contributed by atoms with E-state index in [2.05, 4.69) is 29.2 Å². The van der Waals surface area contributed by atoms with Gasteiger partial charge in [-0.2, -0.15) is 0 Å². The van der Waals surface area contributed by atoms with Gasteiger partial charge in [0.2, 0.25) is 0 Å². The summed E-state index contributed by atoms with van der Waals surface area (Å²) >= 11 is 0. The number of rotatable bonds is 3. The summed E-state index contributed by atoms with van der Waals surface area (Å²) in [6, 6.07) is 10.6. The predicted octanol–water partition coefficient (Wildman–Crippen LogP) is 3.43. The van der Waals surface area contributed by atoms with Crippen molar-refractivity contribution in [2.24, 2.45) is 0 Å². The molecule has 4 nitrogen and oxygen atoms in total. The van der Waals surface area contributed by atoms with E-state index in [-0.39, 0.29) is 11.6 Å². The van der Waals surface area contributed by atoms with Gasteiger partial charge in [0.15, 0.2) is 0 Å². The summed E-state index contributed by atoms with van der Waals surface area (Å²) in [5.41, 5.74) is 0.986. The van der Waals surface area contributed by atoms with Gasteiger partial charge in [0, 0.05) is 31.2 Å². The second kappa shape index (κ2) is 6.48. The minimum atomic E-state index is -0.802. The van der Waals surface area contributed by atoms with Crippen LogP contribution in [0.3, 0.4) is 0 Å². The molecule has 0 bridgehead atoms. The van der Waals surface area contributed by atoms with Crippen LogP contribution in [0.5, 0.6) is 0 Å². The van der Waals surface area contributed by atoms with E-state index in [1.165, 1.54) is 5.56 Å². The molecule has 116 valence electrons. The van der Waals surface area contributed by atoms with Crippen LogP contribution in [0, 0.1) is 0 Å². The highest BCUT2D eigenvalue weighted by Crippen LogP contribution is 2.25. The average molecular weight is 290 g/mol. The average Bonchev–Trinajstić information content (AvgIpc) is 2.40. The normalized spacial score (nSPS) is 17.7. The Hall–Kier alpha value is -1.55. The van der Waals surface area contributed by atoms with Crippen molar-refractivity contribution < 1.29 is 9.90 Å². The van der Waals surface area contributed by atoms with Crippen molar-refractivity contribution in [3.05, 3.63) is 35.9 Å². The van der Waals surface area contributed by atoms with Gasteiger partial charge in [-0.05, 0) is 39.2 Å². The number of carboxylic acid groups (broad SMARTS) is 1. The summed E-state index contributed by atoms with van der Waals surface area (Å²) in [6.45, 7) is 8.78. The molecule has 0 unspecified atom stereocenters. The zero-order valence-electron chi connectivity index (χ0n) is 13.2. The van der Waals surface area contributed by atoms with E-state index in [9.17, 15) is 9.90 Å². The van der Waals surface area contributed by atoms with E-state index in [1.807, 2.05) is 26.8 Å². The fourth-order valence-corrected chi connectivity index (χ4v) is 3.17. The van der Waals surface area contributed by atoms with Gasteiger partial charge in [-0.15, -0.1) is 0 Å². The Bertz CT molecular complexity index is 459. The summed E-state index contributed by atoms with van der Waals surface area (Å²) < 4.78 is 0. The number of carbonyl (C=O) groups is 1. The molecule has 0 atom stereocenters. The number of benzene rings is 1. The molecule has 1 aliphatic heterocycles. The topological polar surface area (TPSA) is 43.8 Å². The maximum atomic E-state index is 11.5. The second-order valence-corrected chi connectivity index (χ2v) is 6.82. The van der Waals surface area contributed by atoms with Crippen molar-refractivity contribution in [2.45, 2.75) is 51.7 Å². The van der Waals surface area contributed by atoms with Crippen molar-refractivity contribution in [3.63, 3.8) is 0 Å². The molecule has 1 aromatic carbocycles. The van der Waals surface area contributed by atoms with Crippen LogP contribution in [0.2, 0.25) is 0 Å². The van der Waals surface area contributed by atoms with Gasteiger partial charge in [0.1, 0.15) is 0 Å². The third-order valence-electron chi connectivity index (χ3n) is 4.10. The van der Waals surface area contributed by atoms with Crippen molar-refractivity contribution in [2.75, 3.05) is 13.1 Å². The zero-order valence-corrected chi connectivity index (χ0v) is 13.2. The summed E-state index contributed by atoms with van der Waals surface area (Å²) in [5.74, 6) is 0. The number of nitrogens with zero attached hydrogens (tertiary/aromatic N) is 2. The maximum absolute atomic E-state index is 11.5. The first kappa shape index (κ1) is 15.8. The van der Waals surface area contributed by atoms with Crippen LogP contribution in [0.15, 0.2) is 30.3 Å². The van der Waals surface area contributed by atoms with Crippen LogP contribution in [-0.2, 0) is 6.54 Å². The molecular formula is C17H26N2O2. The van der Waals surface area contributed by atoms with Crippen molar-refractivity contribution in [1.82, 2.24) is 9.80 Å². The number of amides is 1. The smallest absolute Gasteiger partial charge is 0.407 e. The van der Waals surface area contributed by atoms with E-state index in [0.717, 1.165) is 32.5 Å². The van der Waals surface area contributed by atoms with Crippen molar-refractivity contribution in [1.29, 1.82) is 0 Å². The Morgan fingerprint density at radius 1 is 1.24 bits per heavy atom. The Morgan fingerprint density at radius 2 is 1.81 bits per heavy atom. The van der Waals surface area contributed by atoms with Gasteiger partial charge < -0.3 is 10.0 Å². The van der Waals surface area contributed by atoms with Crippen LogP contribution < -0.4 is 0 Å². The molecule has 0 spiro atoms. The lowest BCUT2D eigenvalue weighted by molar-refractivity contribution is 0.0408. The fourth-order valence-electron chi connectivity index (χ4n) is 3.17. The third kappa shape index (κ3) is 4.21. The first-order valence-corrected chi connectivity index (χ1v) is 7.66. The van der Waals surface area contributed by atoms with Gasteiger partial charge in [-0.1, -0.05) is 30.3 Å². The molecule has 1 heterocycles. The van der Waals surface area contributed by atoms with Gasteiger partial charge in [-0.3, -0.25) is 4.90 Å². The van der Waals surface area contributed by atoms with Crippen molar-refractivity contribution >= 4 is 6.09 Å². The van der Waals surface area contributed by atoms with Crippen molar-refractivity contribution in [3.8, 4) is 0 Å². The van der Waals surface area contributed by atoms with E-state index in [0.29, 0.717) is 0 Å². The largest absolute Gasteiger partial charge is 0.465 e. The van der Waals surface area contributed by atoms with Crippen LogP contribution in [-0.4, -0.2) is 45.7 Å². The van der Waals surface area contributed by atoms with Crippen LogP contribution in [0.25, 0.3) is 0 Å². The molecule has 0 saturated carbocycles. The molecule has 0 aliphatic carbocycles. The van der Waals surface area contributed by atoms with E-state index in [4.69, 9.17) is 0 Å². The lowest BCUT2D eigenvalue weighted by Gasteiger charge is -2.43. The molecular weight excluding hydrogens is 264 g/mol.